The molecule has 2 amide bonds. The number of nitrogens with one attached hydrogen (secondary N) is 4. The third kappa shape index (κ3) is 7.24. The van der Waals surface area contributed by atoms with Gasteiger partial charge in [-0.25, -0.2) is 4.79 Å². The number of Topliss-reactive ketones (excluding diaryl/α,β-unsaturated/α-hetero) is 2. The van der Waals surface area contributed by atoms with Gasteiger partial charge in [0.2, 0.25) is 5.91 Å². The van der Waals surface area contributed by atoms with Gasteiger partial charge in [-0.2, -0.15) is 0 Å². The van der Waals surface area contributed by atoms with Gasteiger partial charge in [-0.1, -0.05) is 0 Å². The summed E-state index contributed by atoms with van der Waals surface area (Å²) in [5.74, 6) is -0.159. The lowest BCUT2D eigenvalue weighted by Gasteiger charge is -2.22. The summed E-state index contributed by atoms with van der Waals surface area (Å²) in [6.45, 7) is 6.55. The van der Waals surface area contributed by atoms with Gasteiger partial charge in [-0.15, -0.1) is 0 Å². The van der Waals surface area contributed by atoms with Crippen molar-refractivity contribution in [1.82, 2.24) is 21.3 Å². The number of hydrogen-bond acceptors (Lipinski definition) is 7. The molecule has 34 heavy (non-hydrogen) atoms. The molecular formula is C25H38N4O5. The molecule has 9 heteroatoms. The standard InChI is InChI=1S/C25H38N4O5/c1-15-16(2)23(31)19(17(3)22(15)30)7-6-14-34-25(33)27-13-4-8-20(24(32)28-18-10-11-18)29-21-9-5-12-26-21/h18,20-21,26,29H,4-14H2,1-3H3,(H,27,33)(H,28,32)/t20-,21-/m0/s1. The molecule has 0 aromatic carbocycles. The maximum absolute atomic E-state index is 12.6. The number of carbonyl (C=O) groups excluding carboxylic acids is 4. The molecule has 0 radical (unpaired) electrons. The van der Waals surface area contributed by atoms with E-state index in [2.05, 4.69) is 21.3 Å². The average molecular weight is 475 g/mol. The van der Waals surface area contributed by atoms with Crippen molar-refractivity contribution in [1.29, 1.82) is 0 Å². The van der Waals surface area contributed by atoms with Crippen molar-refractivity contribution in [2.45, 2.75) is 90.4 Å². The van der Waals surface area contributed by atoms with Gasteiger partial charge in [0.25, 0.3) is 0 Å². The average Bonchev–Trinajstić information content (AvgIpc) is 3.48. The number of amides is 2. The minimum atomic E-state index is -0.520. The first-order valence-corrected chi connectivity index (χ1v) is 12.4. The molecule has 3 aliphatic rings. The SMILES string of the molecule is CC1=C(C)C(=O)C(CCCOC(=O)NCCC[C@H](N[C@H]2CCCN2)C(=O)NC2CC2)=C(C)C1=O. The molecule has 2 fully saturated rings. The highest BCUT2D eigenvalue weighted by Crippen LogP contribution is 2.26. The van der Waals surface area contributed by atoms with Crippen LogP contribution in [0.25, 0.3) is 0 Å². The van der Waals surface area contributed by atoms with Crippen molar-refractivity contribution in [3.63, 3.8) is 0 Å². The largest absolute Gasteiger partial charge is 0.450 e. The number of carbonyl (C=O) groups is 4. The molecule has 2 aliphatic carbocycles. The van der Waals surface area contributed by atoms with Crippen LogP contribution in [0.1, 0.15) is 72.1 Å². The van der Waals surface area contributed by atoms with Gasteiger partial charge in [-0.05, 0) is 78.7 Å². The van der Waals surface area contributed by atoms with Crippen LogP contribution in [0.3, 0.4) is 0 Å². The van der Waals surface area contributed by atoms with E-state index in [0.717, 1.165) is 32.2 Å². The summed E-state index contributed by atoms with van der Waals surface area (Å²) < 4.78 is 5.22. The smallest absolute Gasteiger partial charge is 0.407 e. The maximum atomic E-state index is 12.6. The molecule has 1 saturated heterocycles. The molecular weight excluding hydrogens is 436 g/mol. The zero-order valence-electron chi connectivity index (χ0n) is 20.6. The van der Waals surface area contributed by atoms with Gasteiger partial charge >= 0.3 is 6.09 Å². The number of hydrogen-bond donors (Lipinski definition) is 4. The minimum absolute atomic E-state index is 0.0272. The van der Waals surface area contributed by atoms with Crippen molar-refractivity contribution >= 4 is 23.6 Å². The number of ether oxygens (including phenoxy) is 1. The monoisotopic (exact) mass is 474 g/mol. The summed E-state index contributed by atoms with van der Waals surface area (Å²) >= 11 is 0. The fourth-order valence-corrected chi connectivity index (χ4v) is 4.31. The lowest BCUT2D eigenvalue weighted by Crippen LogP contribution is -2.51. The lowest BCUT2D eigenvalue weighted by molar-refractivity contribution is -0.123. The van der Waals surface area contributed by atoms with E-state index in [4.69, 9.17) is 4.74 Å². The topological polar surface area (TPSA) is 126 Å². The van der Waals surface area contributed by atoms with Crippen molar-refractivity contribution in [3.8, 4) is 0 Å². The Balaban J connectivity index is 1.33. The van der Waals surface area contributed by atoms with Crippen molar-refractivity contribution in [3.05, 3.63) is 22.3 Å². The summed E-state index contributed by atoms with van der Waals surface area (Å²) in [4.78, 5) is 49.2. The minimum Gasteiger partial charge on any atom is -0.450 e. The molecule has 9 nitrogen and oxygen atoms in total. The fourth-order valence-electron chi connectivity index (χ4n) is 4.31. The van der Waals surface area contributed by atoms with Gasteiger partial charge in [-0.3, -0.25) is 19.7 Å². The number of allylic oxidation sites excluding steroid dienone is 4. The second kappa shape index (κ2) is 12.3. The Labute approximate surface area is 201 Å². The maximum Gasteiger partial charge on any atom is 0.407 e. The molecule has 0 spiro atoms. The van der Waals surface area contributed by atoms with Gasteiger partial charge in [0, 0.05) is 34.9 Å². The fraction of sp³-hybridized carbons (Fsp3) is 0.680. The molecule has 3 rings (SSSR count). The summed E-state index contributed by atoms with van der Waals surface area (Å²) in [7, 11) is 0. The molecule has 1 aliphatic heterocycles. The quantitative estimate of drug-likeness (QED) is 0.252. The highest BCUT2D eigenvalue weighted by Gasteiger charge is 2.29. The molecule has 1 saturated carbocycles. The van der Waals surface area contributed by atoms with Crippen molar-refractivity contribution < 1.29 is 23.9 Å². The molecule has 0 bridgehead atoms. The normalized spacial score (nSPS) is 21.7. The van der Waals surface area contributed by atoms with Gasteiger partial charge in [0.1, 0.15) is 0 Å². The van der Waals surface area contributed by atoms with Crippen LogP contribution < -0.4 is 21.3 Å². The molecule has 188 valence electrons. The van der Waals surface area contributed by atoms with E-state index in [0.29, 0.717) is 60.6 Å². The Hall–Kier alpha value is -2.52. The summed E-state index contributed by atoms with van der Waals surface area (Å²) in [5, 5.41) is 12.5. The van der Waals surface area contributed by atoms with E-state index in [-0.39, 0.29) is 36.3 Å². The lowest BCUT2D eigenvalue weighted by atomic mass is 9.84. The van der Waals surface area contributed by atoms with Gasteiger partial charge in [0.05, 0.1) is 18.8 Å². The highest BCUT2D eigenvalue weighted by atomic mass is 16.5. The molecule has 2 atom stereocenters. The predicted octanol–water partition coefficient (Wildman–Crippen LogP) is 2.02. The Bertz CT molecular complexity index is 869. The Morgan fingerprint density at radius 3 is 2.44 bits per heavy atom. The predicted molar refractivity (Wildman–Crippen MR) is 128 cm³/mol. The first kappa shape index (κ1) is 26.1. The second-order valence-electron chi connectivity index (χ2n) is 9.47. The van der Waals surface area contributed by atoms with E-state index < -0.39 is 6.09 Å². The van der Waals surface area contributed by atoms with Crippen LogP contribution in [-0.4, -0.2) is 61.5 Å². The van der Waals surface area contributed by atoms with E-state index in [9.17, 15) is 19.2 Å². The third-order valence-corrected chi connectivity index (χ3v) is 6.76. The van der Waals surface area contributed by atoms with Crippen molar-refractivity contribution in [2.24, 2.45) is 0 Å². The van der Waals surface area contributed by atoms with Crippen LogP contribution in [0, 0.1) is 0 Å². The zero-order chi connectivity index (χ0) is 24.7. The summed E-state index contributed by atoms with van der Waals surface area (Å²) in [5.41, 5.74) is 1.99. The van der Waals surface area contributed by atoms with E-state index >= 15 is 0 Å². The van der Waals surface area contributed by atoms with E-state index in [1.54, 1.807) is 20.8 Å². The van der Waals surface area contributed by atoms with Gasteiger partial charge in [0.15, 0.2) is 11.6 Å². The molecule has 0 aromatic heterocycles. The molecule has 0 unspecified atom stereocenters. The van der Waals surface area contributed by atoms with Crippen LogP contribution in [-0.2, 0) is 19.1 Å². The zero-order valence-corrected chi connectivity index (χ0v) is 20.6. The highest BCUT2D eigenvalue weighted by molar-refractivity contribution is 6.24. The van der Waals surface area contributed by atoms with E-state index in [1.165, 1.54) is 0 Å². The number of rotatable bonds is 12. The Kier molecular flexibility index (Phi) is 9.41. The first-order chi connectivity index (χ1) is 16.3. The van der Waals surface area contributed by atoms with E-state index in [1.807, 2.05) is 0 Å². The van der Waals surface area contributed by atoms with Crippen LogP contribution >= 0.6 is 0 Å². The van der Waals surface area contributed by atoms with Crippen LogP contribution in [0.15, 0.2) is 22.3 Å². The van der Waals surface area contributed by atoms with Gasteiger partial charge < -0.3 is 20.7 Å². The Morgan fingerprint density at radius 2 is 1.76 bits per heavy atom. The van der Waals surface area contributed by atoms with Crippen LogP contribution in [0.5, 0.6) is 0 Å². The molecule has 1 heterocycles. The summed E-state index contributed by atoms with van der Waals surface area (Å²) in [6, 6.07) is 0.0226. The van der Waals surface area contributed by atoms with Crippen molar-refractivity contribution in [2.75, 3.05) is 19.7 Å². The molecule has 4 N–H and O–H groups in total. The first-order valence-electron chi connectivity index (χ1n) is 12.4. The van der Waals surface area contributed by atoms with Crippen LogP contribution in [0.2, 0.25) is 0 Å². The number of ketones is 2. The van der Waals surface area contributed by atoms with Crippen LogP contribution in [0.4, 0.5) is 4.79 Å². The number of alkyl carbamates (subject to hydrolysis) is 1. The Morgan fingerprint density at radius 1 is 1.03 bits per heavy atom. The summed E-state index contributed by atoms with van der Waals surface area (Å²) in [6.07, 6.45) is 5.95. The molecule has 0 aromatic rings. The third-order valence-electron chi connectivity index (χ3n) is 6.76. The second-order valence-corrected chi connectivity index (χ2v) is 9.47.